The number of hydrogen-bond acceptors (Lipinski definition) is 3. The van der Waals surface area contributed by atoms with Crippen LogP contribution in [0.5, 0.6) is 0 Å². The average molecular weight is 233 g/mol. The first kappa shape index (κ1) is 12.0. The van der Waals surface area contributed by atoms with Gasteiger partial charge in [-0.3, -0.25) is 9.78 Å². The summed E-state index contributed by atoms with van der Waals surface area (Å²) in [6.07, 6.45) is 2.89. The van der Waals surface area contributed by atoms with Crippen LogP contribution in [0.25, 0.3) is 0 Å². The molecule has 3 N–H and O–H groups in total. The largest absolute Gasteiger partial charge is 0.327 e. The minimum atomic E-state index is -0.0456. The van der Waals surface area contributed by atoms with Gasteiger partial charge in [0.1, 0.15) is 0 Å². The summed E-state index contributed by atoms with van der Waals surface area (Å²) < 4.78 is 0. The Balaban J connectivity index is 2.07. The summed E-state index contributed by atoms with van der Waals surface area (Å²) in [5, 5.41) is 2.93. The van der Waals surface area contributed by atoms with E-state index in [4.69, 9.17) is 5.73 Å². The SMILES string of the molecule is Cc1ccc(NC(=O)C2CCCC2N)c(C)n1. The average Bonchev–Trinajstić information content (AvgIpc) is 2.68. The molecular formula is C13H19N3O. The third-order valence-electron chi connectivity index (χ3n) is 3.39. The molecule has 4 nitrogen and oxygen atoms in total. The molecule has 17 heavy (non-hydrogen) atoms. The molecule has 1 aliphatic carbocycles. The molecule has 1 saturated carbocycles. The van der Waals surface area contributed by atoms with Crippen LogP contribution >= 0.6 is 0 Å². The Hall–Kier alpha value is -1.42. The number of aromatic nitrogens is 1. The number of nitrogens with zero attached hydrogens (tertiary/aromatic N) is 1. The number of hydrogen-bond donors (Lipinski definition) is 2. The molecule has 0 aromatic carbocycles. The number of carbonyl (C=O) groups excluding carboxylic acids is 1. The Morgan fingerprint density at radius 1 is 1.41 bits per heavy atom. The molecule has 4 heteroatoms. The molecular weight excluding hydrogens is 214 g/mol. The zero-order valence-electron chi connectivity index (χ0n) is 10.4. The summed E-state index contributed by atoms with van der Waals surface area (Å²) in [4.78, 5) is 16.4. The maximum atomic E-state index is 12.0. The Morgan fingerprint density at radius 3 is 2.76 bits per heavy atom. The zero-order valence-corrected chi connectivity index (χ0v) is 10.4. The quantitative estimate of drug-likeness (QED) is 0.818. The van der Waals surface area contributed by atoms with Gasteiger partial charge in [-0.1, -0.05) is 6.42 Å². The van der Waals surface area contributed by atoms with E-state index >= 15 is 0 Å². The van der Waals surface area contributed by atoms with Crippen molar-refractivity contribution in [3.05, 3.63) is 23.5 Å². The molecule has 0 spiro atoms. The smallest absolute Gasteiger partial charge is 0.229 e. The number of carbonyl (C=O) groups is 1. The standard InChI is InChI=1S/C13H19N3O/c1-8-6-7-12(9(2)15-8)16-13(17)10-4-3-5-11(10)14/h6-7,10-11H,3-5,14H2,1-2H3,(H,16,17). The van der Waals surface area contributed by atoms with E-state index in [1.54, 1.807) is 0 Å². The predicted octanol–water partition coefficient (Wildman–Crippen LogP) is 1.76. The van der Waals surface area contributed by atoms with Crippen molar-refractivity contribution in [1.82, 2.24) is 4.98 Å². The van der Waals surface area contributed by atoms with Crippen LogP contribution in [0.3, 0.4) is 0 Å². The Morgan fingerprint density at radius 2 is 2.18 bits per heavy atom. The second-order valence-electron chi connectivity index (χ2n) is 4.78. The van der Waals surface area contributed by atoms with Gasteiger partial charge in [-0.15, -0.1) is 0 Å². The Kier molecular flexibility index (Phi) is 3.43. The molecule has 2 rings (SSSR count). The van der Waals surface area contributed by atoms with Gasteiger partial charge in [-0.25, -0.2) is 0 Å². The van der Waals surface area contributed by atoms with Gasteiger partial charge < -0.3 is 11.1 Å². The van der Waals surface area contributed by atoms with E-state index in [0.29, 0.717) is 0 Å². The fourth-order valence-corrected chi connectivity index (χ4v) is 2.36. The number of anilines is 1. The number of rotatable bonds is 2. The van der Waals surface area contributed by atoms with Crippen LogP contribution in [-0.4, -0.2) is 16.9 Å². The lowest BCUT2D eigenvalue weighted by Gasteiger charge is -2.16. The van der Waals surface area contributed by atoms with Crippen molar-refractivity contribution in [2.24, 2.45) is 11.7 Å². The van der Waals surface area contributed by atoms with Gasteiger partial charge in [0.15, 0.2) is 0 Å². The van der Waals surface area contributed by atoms with E-state index in [1.165, 1.54) is 0 Å². The molecule has 1 aromatic heterocycles. The molecule has 1 amide bonds. The van der Waals surface area contributed by atoms with Crippen LogP contribution < -0.4 is 11.1 Å². The maximum absolute atomic E-state index is 12.0. The highest BCUT2D eigenvalue weighted by Crippen LogP contribution is 2.25. The first-order valence-corrected chi connectivity index (χ1v) is 6.08. The molecule has 0 bridgehead atoms. The summed E-state index contributed by atoms with van der Waals surface area (Å²) in [6, 6.07) is 3.81. The molecule has 0 radical (unpaired) electrons. The van der Waals surface area contributed by atoms with Gasteiger partial charge in [0.05, 0.1) is 17.3 Å². The van der Waals surface area contributed by atoms with Gasteiger partial charge in [0.2, 0.25) is 5.91 Å². The lowest BCUT2D eigenvalue weighted by molar-refractivity contribution is -0.120. The third kappa shape index (κ3) is 2.64. The van der Waals surface area contributed by atoms with Gasteiger partial charge in [-0.05, 0) is 38.8 Å². The summed E-state index contributed by atoms with van der Waals surface area (Å²) in [6.45, 7) is 3.84. The third-order valence-corrected chi connectivity index (χ3v) is 3.39. The van der Waals surface area contributed by atoms with Gasteiger partial charge in [0.25, 0.3) is 0 Å². The van der Waals surface area contributed by atoms with Crippen molar-refractivity contribution < 1.29 is 4.79 Å². The van der Waals surface area contributed by atoms with Crippen molar-refractivity contribution in [2.75, 3.05) is 5.32 Å². The number of aryl methyl sites for hydroxylation is 2. The van der Waals surface area contributed by atoms with Crippen LogP contribution in [0.15, 0.2) is 12.1 Å². The highest BCUT2D eigenvalue weighted by Gasteiger charge is 2.30. The van der Waals surface area contributed by atoms with Crippen molar-refractivity contribution in [2.45, 2.75) is 39.2 Å². The number of nitrogens with two attached hydrogens (primary N) is 1. The fourth-order valence-electron chi connectivity index (χ4n) is 2.36. The maximum Gasteiger partial charge on any atom is 0.229 e. The van der Waals surface area contributed by atoms with Crippen molar-refractivity contribution in [3.63, 3.8) is 0 Å². The monoisotopic (exact) mass is 233 g/mol. The Bertz CT molecular complexity index is 431. The van der Waals surface area contributed by atoms with Gasteiger partial charge in [-0.2, -0.15) is 0 Å². The first-order valence-electron chi connectivity index (χ1n) is 6.08. The first-order chi connectivity index (χ1) is 8.08. The van der Waals surface area contributed by atoms with Gasteiger partial charge in [0, 0.05) is 11.7 Å². The van der Waals surface area contributed by atoms with Crippen LogP contribution in [0, 0.1) is 19.8 Å². The summed E-state index contributed by atoms with van der Waals surface area (Å²) >= 11 is 0. The van der Waals surface area contributed by atoms with Crippen LogP contribution in [0.4, 0.5) is 5.69 Å². The molecule has 1 aromatic rings. The van der Waals surface area contributed by atoms with E-state index < -0.39 is 0 Å². The van der Waals surface area contributed by atoms with Gasteiger partial charge >= 0.3 is 0 Å². The lowest BCUT2D eigenvalue weighted by Crippen LogP contribution is -2.34. The van der Waals surface area contributed by atoms with Crippen LogP contribution in [0.2, 0.25) is 0 Å². The number of nitrogens with one attached hydrogen (secondary N) is 1. The molecule has 1 aliphatic rings. The highest BCUT2D eigenvalue weighted by atomic mass is 16.1. The number of pyridine rings is 1. The molecule has 0 aliphatic heterocycles. The van der Waals surface area contributed by atoms with Crippen molar-refractivity contribution in [1.29, 1.82) is 0 Å². The van der Waals surface area contributed by atoms with Crippen molar-refractivity contribution in [3.8, 4) is 0 Å². The molecule has 1 heterocycles. The summed E-state index contributed by atoms with van der Waals surface area (Å²) in [5.41, 5.74) is 8.52. The van der Waals surface area contributed by atoms with Crippen LogP contribution in [-0.2, 0) is 4.79 Å². The predicted molar refractivity (Wildman–Crippen MR) is 67.7 cm³/mol. The summed E-state index contributed by atoms with van der Waals surface area (Å²) in [5.74, 6) is -0.0144. The second-order valence-corrected chi connectivity index (χ2v) is 4.78. The normalized spacial score (nSPS) is 23.7. The summed E-state index contributed by atoms with van der Waals surface area (Å²) in [7, 11) is 0. The lowest BCUT2D eigenvalue weighted by atomic mass is 10.0. The molecule has 2 unspecified atom stereocenters. The van der Waals surface area contributed by atoms with Crippen molar-refractivity contribution >= 4 is 11.6 Å². The highest BCUT2D eigenvalue weighted by molar-refractivity contribution is 5.93. The Labute approximate surface area is 102 Å². The molecule has 92 valence electrons. The molecule has 0 saturated heterocycles. The van der Waals surface area contributed by atoms with E-state index in [9.17, 15) is 4.79 Å². The molecule has 2 atom stereocenters. The van der Waals surface area contributed by atoms with E-state index in [2.05, 4.69) is 10.3 Å². The minimum absolute atomic E-state index is 0.00807. The van der Waals surface area contributed by atoms with E-state index in [1.807, 2.05) is 26.0 Å². The number of amides is 1. The minimum Gasteiger partial charge on any atom is -0.327 e. The fraction of sp³-hybridized carbons (Fsp3) is 0.538. The zero-order chi connectivity index (χ0) is 12.4. The molecule has 1 fully saturated rings. The second kappa shape index (κ2) is 4.84. The van der Waals surface area contributed by atoms with Crippen LogP contribution in [0.1, 0.15) is 30.7 Å². The topological polar surface area (TPSA) is 68.0 Å². The van der Waals surface area contributed by atoms with E-state index in [-0.39, 0.29) is 17.9 Å². The van der Waals surface area contributed by atoms with E-state index in [0.717, 1.165) is 36.3 Å².